The normalized spacial score (nSPS) is 11.7. The number of nitrogens with one attached hydrogen (secondary N) is 2. The van der Waals surface area contributed by atoms with Crippen LogP contribution >= 0.6 is 0 Å². The van der Waals surface area contributed by atoms with Crippen molar-refractivity contribution >= 4 is 21.8 Å². The van der Waals surface area contributed by atoms with Gasteiger partial charge < -0.3 is 15.7 Å². The fraction of sp³-hybridized carbons (Fsp3) is 0.111. The van der Waals surface area contributed by atoms with Crippen molar-refractivity contribution in [2.24, 2.45) is 5.73 Å². The van der Waals surface area contributed by atoms with E-state index in [2.05, 4.69) is 58.5 Å². The molecule has 0 aliphatic rings. The summed E-state index contributed by atoms with van der Waals surface area (Å²) in [7, 11) is 0. The van der Waals surface area contributed by atoms with Gasteiger partial charge in [-0.1, -0.05) is 36.4 Å². The Bertz CT molecular complexity index is 761. The minimum Gasteiger partial charge on any atom is -0.358 e. The summed E-state index contributed by atoms with van der Waals surface area (Å²) in [5, 5.41) is 2.45. The summed E-state index contributed by atoms with van der Waals surface area (Å²) in [6.45, 7) is 0.569. The monoisotopic (exact) mass is 275 g/mol. The molecule has 0 bridgehead atoms. The second kappa shape index (κ2) is 4.79. The summed E-state index contributed by atoms with van der Waals surface area (Å²) >= 11 is 0. The SMILES string of the molecule is NCC(c1cc2ccccc2[nH]1)c1cc2ccccc2[nH]1. The van der Waals surface area contributed by atoms with Crippen molar-refractivity contribution in [2.75, 3.05) is 6.54 Å². The Morgan fingerprint density at radius 2 is 1.24 bits per heavy atom. The van der Waals surface area contributed by atoms with E-state index >= 15 is 0 Å². The van der Waals surface area contributed by atoms with Crippen molar-refractivity contribution in [1.29, 1.82) is 0 Å². The quantitative estimate of drug-likeness (QED) is 0.524. The maximum Gasteiger partial charge on any atom is 0.0514 e. The fourth-order valence-corrected chi connectivity index (χ4v) is 2.99. The predicted octanol–water partition coefficient (Wildman–Crippen LogP) is 3.74. The lowest BCUT2D eigenvalue weighted by atomic mass is 10.0. The number of rotatable bonds is 3. The van der Waals surface area contributed by atoms with Crippen LogP contribution < -0.4 is 5.73 Å². The number of aromatic amines is 2. The molecule has 0 saturated carbocycles. The second-order valence-electron chi connectivity index (χ2n) is 5.41. The third kappa shape index (κ3) is 2.03. The van der Waals surface area contributed by atoms with Crippen LogP contribution in [0.5, 0.6) is 0 Å². The Morgan fingerprint density at radius 3 is 1.67 bits per heavy atom. The Morgan fingerprint density at radius 1 is 0.762 bits per heavy atom. The zero-order chi connectivity index (χ0) is 14.2. The van der Waals surface area contributed by atoms with E-state index in [4.69, 9.17) is 5.73 Å². The molecule has 0 spiro atoms. The first kappa shape index (κ1) is 12.2. The molecule has 4 aromatic rings. The standard InChI is InChI=1S/C18H17N3/c19-11-14(17-9-12-5-1-3-7-15(12)20-17)18-10-13-6-2-4-8-16(13)21-18/h1-10,14,20-21H,11,19H2. The Hall–Kier alpha value is -2.52. The third-order valence-electron chi connectivity index (χ3n) is 4.09. The highest BCUT2D eigenvalue weighted by molar-refractivity contribution is 5.82. The van der Waals surface area contributed by atoms with Crippen molar-refractivity contribution in [3.63, 3.8) is 0 Å². The van der Waals surface area contributed by atoms with E-state index in [9.17, 15) is 0 Å². The van der Waals surface area contributed by atoms with Crippen LogP contribution in [0, 0.1) is 0 Å². The van der Waals surface area contributed by atoms with Gasteiger partial charge >= 0.3 is 0 Å². The van der Waals surface area contributed by atoms with Gasteiger partial charge in [-0.05, 0) is 35.0 Å². The van der Waals surface area contributed by atoms with Crippen LogP contribution in [-0.4, -0.2) is 16.5 Å². The highest BCUT2D eigenvalue weighted by atomic mass is 14.8. The van der Waals surface area contributed by atoms with Crippen molar-refractivity contribution in [2.45, 2.75) is 5.92 Å². The van der Waals surface area contributed by atoms with E-state index in [1.54, 1.807) is 0 Å². The van der Waals surface area contributed by atoms with Crippen molar-refractivity contribution in [3.05, 3.63) is 72.1 Å². The molecule has 0 fully saturated rings. The maximum absolute atomic E-state index is 6.04. The van der Waals surface area contributed by atoms with Gasteiger partial charge in [-0.15, -0.1) is 0 Å². The van der Waals surface area contributed by atoms with Crippen LogP contribution in [0.15, 0.2) is 60.7 Å². The number of hydrogen-bond acceptors (Lipinski definition) is 1. The van der Waals surface area contributed by atoms with Gasteiger partial charge in [0.15, 0.2) is 0 Å². The molecule has 0 aliphatic heterocycles. The first-order valence-electron chi connectivity index (χ1n) is 7.20. The van der Waals surface area contributed by atoms with E-state index in [1.165, 1.54) is 10.8 Å². The van der Waals surface area contributed by atoms with E-state index in [0.717, 1.165) is 22.4 Å². The molecule has 0 radical (unpaired) electrons. The van der Waals surface area contributed by atoms with Crippen LogP contribution in [0.2, 0.25) is 0 Å². The van der Waals surface area contributed by atoms with Crippen molar-refractivity contribution < 1.29 is 0 Å². The highest BCUT2D eigenvalue weighted by Crippen LogP contribution is 2.28. The van der Waals surface area contributed by atoms with Gasteiger partial charge in [0.1, 0.15) is 0 Å². The Kier molecular flexibility index (Phi) is 2.79. The molecule has 0 amide bonds. The molecule has 4 rings (SSSR count). The molecule has 21 heavy (non-hydrogen) atoms. The Labute approximate surface area is 122 Å². The number of para-hydroxylation sites is 2. The third-order valence-corrected chi connectivity index (χ3v) is 4.09. The summed E-state index contributed by atoms with van der Waals surface area (Å²) in [4.78, 5) is 6.98. The van der Waals surface area contributed by atoms with Crippen LogP contribution in [0.1, 0.15) is 17.3 Å². The zero-order valence-electron chi connectivity index (χ0n) is 11.6. The van der Waals surface area contributed by atoms with Crippen LogP contribution in [-0.2, 0) is 0 Å². The zero-order valence-corrected chi connectivity index (χ0v) is 11.6. The average Bonchev–Trinajstić information content (AvgIpc) is 3.11. The molecule has 0 saturated heterocycles. The van der Waals surface area contributed by atoms with Crippen LogP contribution in [0.4, 0.5) is 0 Å². The van der Waals surface area contributed by atoms with Gasteiger partial charge in [0.2, 0.25) is 0 Å². The number of aromatic nitrogens is 2. The van der Waals surface area contributed by atoms with E-state index < -0.39 is 0 Å². The molecular weight excluding hydrogens is 258 g/mol. The molecule has 0 atom stereocenters. The molecule has 3 heteroatoms. The number of benzene rings is 2. The van der Waals surface area contributed by atoms with Gasteiger partial charge in [0.25, 0.3) is 0 Å². The smallest absolute Gasteiger partial charge is 0.0514 e. The average molecular weight is 275 g/mol. The molecule has 0 unspecified atom stereocenters. The second-order valence-corrected chi connectivity index (χ2v) is 5.41. The van der Waals surface area contributed by atoms with Crippen LogP contribution in [0.25, 0.3) is 21.8 Å². The van der Waals surface area contributed by atoms with Gasteiger partial charge in [0.05, 0.1) is 5.92 Å². The van der Waals surface area contributed by atoms with Crippen molar-refractivity contribution in [1.82, 2.24) is 9.97 Å². The molecule has 2 aromatic heterocycles. The largest absolute Gasteiger partial charge is 0.358 e. The van der Waals surface area contributed by atoms with Crippen molar-refractivity contribution in [3.8, 4) is 0 Å². The predicted molar refractivity (Wildman–Crippen MR) is 87.5 cm³/mol. The minimum absolute atomic E-state index is 0.157. The summed E-state index contributed by atoms with van der Waals surface area (Å²) < 4.78 is 0. The summed E-state index contributed by atoms with van der Waals surface area (Å²) in [6, 6.07) is 21.0. The first-order valence-corrected chi connectivity index (χ1v) is 7.20. The van der Waals surface area contributed by atoms with Gasteiger partial charge in [0, 0.05) is 29.0 Å². The lowest BCUT2D eigenvalue weighted by molar-refractivity contribution is 0.777. The number of fused-ring (bicyclic) bond motifs is 2. The lowest BCUT2D eigenvalue weighted by Crippen LogP contribution is -2.14. The molecule has 0 aliphatic carbocycles. The molecule has 2 aromatic carbocycles. The van der Waals surface area contributed by atoms with Gasteiger partial charge in [-0.3, -0.25) is 0 Å². The number of H-pyrrole nitrogens is 2. The number of nitrogens with two attached hydrogens (primary N) is 1. The number of hydrogen-bond donors (Lipinski definition) is 3. The summed E-state index contributed by atoms with van der Waals surface area (Å²) in [5.41, 5.74) is 10.7. The van der Waals surface area contributed by atoms with E-state index in [-0.39, 0.29) is 5.92 Å². The van der Waals surface area contributed by atoms with E-state index in [1.807, 2.05) is 12.1 Å². The maximum atomic E-state index is 6.04. The lowest BCUT2D eigenvalue weighted by Gasteiger charge is -2.11. The molecule has 4 N–H and O–H groups in total. The molecule has 2 heterocycles. The fourth-order valence-electron chi connectivity index (χ4n) is 2.99. The van der Waals surface area contributed by atoms with E-state index in [0.29, 0.717) is 6.54 Å². The van der Waals surface area contributed by atoms with Gasteiger partial charge in [-0.25, -0.2) is 0 Å². The highest BCUT2D eigenvalue weighted by Gasteiger charge is 2.17. The molecule has 104 valence electrons. The first-order chi connectivity index (χ1) is 10.3. The van der Waals surface area contributed by atoms with Crippen LogP contribution in [0.3, 0.4) is 0 Å². The molecular formula is C18H17N3. The van der Waals surface area contributed by atoms with Gasteiger partial charge in [-0.2, -0.15) is 0 Å². The topological polar surface area (TPSA) is 57.6 Å². The molecule has 3 nitrogen and oxygen atoms in total. The summed E-state index contributed by atoms with van der Waals surface area (Å²) in [6.07, 6.45) is 0. The Balaban J connectivity index is 1.83. The minimum atomic E-state index is 0.157. The summed E-state index contributed by atoms with van der Waals surface area (Å²) in [5.74, 6) is 0.157.